The van der Waals surface area contributed by atoms with Gasteiger partial charge in [-0.3, -0.25) is 9.59 Å². The third-order valence-corrected chi connectivity index (χ3v) is 6.30. The molecule has 1 aliphatic heterocycles. The number of carbonyl (C=O) groups is 2. The monoisotopic (exact) mass is 472 g/mol. The first kappa shape index (κ1) is 24.4. The lowest BCUT2D eigenvalue weighted by Gasteiger charge is -2.31. The van der Waals surface area contributed by atoms with Gasteiger partial charge in [-0.05, 0) is 53.1 Å². The fourth-order valence-corrected chi connectivity index (χ4v) is 4.42. The van der Waals surface area contributed by atoms with Crippen molar-refractivity contribution < 1.29 is 14.3 Å². The number of nitrogens with two attached hydrogens (primary N) is 1. The molecule has 1 amide bonds. The number of rotatable bonds is 5. The minimum atomic E-state index is -0.755. The Kier molecular flexibility index (Phi) is 6.61. The van der Waals surface area contributed by atoms with Gasteiger partial charge in [-0.2, -0.15) is 0 Å². The molecule has 35 heavy (non-hydrogen) atoms. The molecule has 0 radical (unpaired) electrons. The number of amides is 1. The van der Waals surface area contributed by atoms with Gasteiger partial charge in [-0.25, -0.2) is 9.97 Å². The third kappa shape index (κ3) is 5.50. The number of hydrogen-bond donors (Lipinski definition) is 1. The molecule has 1 aromatic heterocycles. The largest absolute Gasteiger partial charge is 0.422 e. The molecule has 1 aliphatic rings. The Hall–Kier alpha value is -3.74. The van der Waals surface area contributed by atoms with E-state index in [0.717, 1.165) is 25.1 Å². The van der Waals surface area contributed by atoms with E-state index < -0.39 is 11.9 Å². The molecule has 3 aromatic rings. The van der Waals surface area contributed by atoms with Crippen LogP contribution in [0.3, 0.4) is 0 Å². The minimum Gasteiger partial charge on any atom is -0.422 e. The van der Waals surface area contributed by atoms with E-state index in [1.807, 2.05) is 0 Å². The van der Waals surface area contributed by atoms with Crippen molar-refractivity contribution in [1.29, 1.82) is 0 Å². The number of carbonyl (C=O) groups excluding carboxylic acids is 2. The third-order valence-electron chi connectivity index (χ3n) is 6.30. The van der Waals surface area contributed by atoms with Crippen molar-refractivity contribution in [2.45, 2.75) is 59.4 Å². The molecule has 4 rings (SSSR count). The predicted octanol–water partition coefficient (Wildman–Crippen LogP) is 4.26. The van der Waals surface area contributed by atoms with Crippen LogP contribution in [0, 0.1) is 6.92 Å². The van der Waals surface area contributed by atoms with Crippen LogP contribution in [-0.2, 0) is 29.6 Å². The molecule has 7 heteroatoms. The smallest absolute Gasteiger partial charge is 0.308 e. The highest BCUT2D eigenvalue weighted by atomic mass is 16.5. The van der Waals surface area contributed by atoms with Crippen molar-refractivity contribution in [2.75, 3.05) is 11.4 Å². The lowest BCUT2D eigenvalue weighted by Crippen LogP contribution is -2.30. The van der Waals surface area contributed by atoms with E-state index in [1.54, 1.807) is 6.92 Å². The number of ether oxygens (including phenoxy) is 1. The van der Waals surface area contributed by atoms with Gasteiger partial charge in [0.25, 0.3) is 5.91 Å². The molecule has 0 saturated heterocycles. The second kappa shape index (κ2) is 9.49. The van der Waals surface area contributed by atoms with Crippen LogP contribution >= 0.6 is 0 Å². The van der Waals surface area contributed by atoms with E-state index >= 15 is 0 Å². The van der Waals surface area contributed by atoms with E-state index in [2.05, 4.69) is 78.1 Å². The van der Waals surface area contributed by atoms with E-state index in [4.69, 9.17) is 10.5 Å². The maximum absolute atomic E-state index is 11.9. The molecule has 0 saturated carbocycles. The van der Waals surface area contributed by atoms with Gasteiger partial charge in [0.15, 0.2) is 11.4 Å². The highest BCUT2D eigenvalue weighted by molar-refractivity contribution is 5.94. The van der Waals surface area contributed by atoms with E-state index in [9.17, 15) is 9.59 Å². The van der Waals surface area contributed by atoms with Crippen LogP contribution in [0.2, 0.25) is 0 Å². The predicted molar refractivity (Wildman–Crippen MR) is 136 cm³/mol. The molecular weight excluding hydrogens is 440 g/mol. The highest BCUT2D eigenvalue weighted by Gasteiger charge is 2.21. The van der Waals surface area contributed by atoms with Crippen LogP contribution in [-0.4, -0.2) is 28.4 Å². The van der Waals surface area contributed by atoms with Crippen molar-refractivity contribution in [3.63, 3.8) is 0 Å². The molecule has 2 aromatic carbocycles. The second-order valence-corrected chi connectivity index (χ2v) is 10.1. The topological polar surface area (TPSA) is 98.4 Å². The zero-order valence-electron chi connectivity index (χ0n) is 21.0. The van der Waals surface area contributed by atoms with Crippen LogP contribution in [0.5, 0.6) is 5.75 Å². The highest BCUT2D eigenvalue weighted by Crippen LogP contribution is 2.29. The van der Waals surface area contributed by atoms with Crippen LogP contribution in [0.25, 0.3) is 0 Å². The normalized spacial score (nSPS) is 13.3. The van der Waals surface area contributed by atoms with Crippen molar-refractivity contribution in [1.82, 2.24) is 9.97 Å². The Morgan fingerprint density at radius 2 is 1.77 bits per heavy atom. The van der Waals surface area contributed by atoms with E-state index in [1.165, 1.54) is 29.3 Å². The Morgan fingerprint density at radius 3 is 2.40 bits per heavy atom. The quantitative estimate of drug-likeness (QED) is 0.557. The summed E-state index contributed by atoms with van der Waals surface area (Å²) in [5, 5.41) is 0. The summed E-state index contributed by atoms with van der Waals surface area (Å²) in [6.07, 6.45) is 1.40. The average molecular weight is 473 g/mol. The fraction of sp³-hybridized carbons (Fsp3) is 0.357. The molecule has 0 unspecified atom stereocenters. The minimum absolute atomic E-state index is 0.0230. The van der Waals surface area contributed by atoms with Crippen molar-refractivity contribution >= 4 is 17.6 Å². The molecule has 2 heterocycles. The van der Waals surface area contributed by atoms with Crippen LogP contribution in [0.15, 0.2) is 42.5 Å². The Morgan fingerprint density at radius 1 is 1.06 bits per heavy atom. The molecule has 0 fully saturated rings. The van der Waals surface area contributed by atoms with Gasteiger partial charge >= 0.3 is 5.97 Å². The first-order chi connectivity index (χ1) is 16.5. The lowest BCUT2D eigenvalue weighted by molar-refractivity contribution is -0.132. The molecule has 0 bridgehead atoms. The Labute approximate surface area is 206 Å². The molecule has 7 nitrogen and oxygen atoms in total. The summed E-state index contributed by atoms with van der Waals surface area (Å²) >= 11 is 0. The Balaban J connectivity index is 1.52. The van der Waals surface area contributed by atoms with Crippen molar-refractivity contribution in [2.24, 2.45) is 5.73 Å². The Bertz CT molecular complexity index is 1280. The number of fused-ring (bicyclic) bond motifs is 1. The molecule has 0 aliphatic carbocycles. The zero-order chi connectivity index (χ0) is 25.3. The van der Waals surface area contributed by atoms with Crippen molar-refractivity contribution in [3.05, 3.63) is 81.9 Å². The molecule has 0 atom stereocenters. The number of anilines is 1. The number of aryl methyl sites for hydroxylation is 1. The first-order valence-electron chi connectivity index (χ1n) is 11.8. The van der Waals surface area contributed by atoms with Crippen LogP contribution in [0.4, 0.5) is 5.69 Å². The first-order valence-corrected chi connectivity index (χ1v) is 11.8. The van der Waals surface area contributed by atoms with Gasteiger partial charge < -0.3 is 15.4 Å². The summed E-state index contributed by atoms with van der Waals surface area (Å²) in [4.78, 5) is 34.4. The number of esters is 1. The second-order valence-electron chi connectivity index (χ2n) is 10.1. The van der Waals surface area contributed by atoms with Gasteiger partial charge in [0.1, 0.15) is 5.82 Å². The molecular formula is C28H32N4O3. The van der Waals surface area contributed by atoms with Crippen molar-refractivity contribution in [3.8, 4) is 5.75 Å². The summed E-state index contributed by atoms with van der Waals surface area (Å²) in [7, 11) is 0. The van der Waals surface area contributed by atoms with Gasteiger partial charge in [0.05, 0.1) is 5.69 Å². The zero-order valence-corrected chi connectivity index (χ0v) is 21.0. The van der Waals surface area contributed by atoms with Gasteiger partial charge in [0.2, 0.25) is 0 Å². The maximum atomic E-state index is 11.9. The standard InChI is InChI=1S/C28H32N4O3/c1-17-26(35-18(2)33)25(27(29)34)31-24(30-17)15-19-6-7-21-16-32(13-12-20(21)14-19)23-10-8-22(9-11-23)28(3,4)5/h6-11,14H,12-13,15-16H2,1-5H3,(H2,29,34). The summed E-state index contributed by atoms with van der Waals surface area (Å²) < 4.78 is 5.12. The summed E-state index contributed by atoms with van der Waals surface area (Å²) in [6.45, 7) is 11.4. The van der Waals surface area contributed by atoms with E-state index in [-0.39, 0.29) is 16.9 Å². The number of hydrogen-bond acceptors (Lipinski definition) is 6. The fourth-order valence-electron chi connectivity index (χ4n) is 4.42. The SMILES string of the molecule is CC(=O)Oc1c(C)nc(Cc2ccc3c(c2)CCN(c2ccc(C(C)(C)C)cc2)C3)nc1C(N)=O. The number of benzene rings is 2. The van der Waals surface area contributed by atoms with Gasteiger partial charge in [-0.15, -0.1) is 0 Å². The number of primary amides is 1. The molecule has 2 N–H and O–H groups in total. The summed E-state index contributed by atoms with van der Waals surface area (Å²) in [5.41, 5.74) is 12.2. The molecule has 0 spiro atoms. The lowest BCUT2D eigenvalue weighted by atomic mass is 9.87. The van der Waals surface area contributed by atoms with Crippen LogP contribution in [0.1, 0.15) is 72.0 Å². The molecule has 182 valence electrons. The average Bonchev–Trinajstić information content (AvgIpc) is 2.79. The summed E-state index contributed by atoms with van der Waals surface area (Å²) in [6, 6.07) is 15.3. The van der Waals surface area contributed by atoms with Gasteiger partial charge in [0, 0.05) is 32.1 Å². The number of aromatic nitrogens is 2. The van der Waals surface area contributed by atoms with E-state index in [0.29, 0.717) is 17.9 Å². The maximum Gasteiger partial charge on any atom is 0.308 e. The van der Waals surface area contributed by atoms with Gasteiger partial charge in [-0.1, -0.05) is 51.1 Å². The summed E-state index contributed by atoms with van der Waals surface area (Å²) in [5.74, 6) is -0.826. The number of nitrogens with zero attached hydrogens (tertiary/aromatic N) is 3. The van der Waals surface area contributed by atoms with Crippen LogP contribution < -0.4 is 15.4 Å².